The lowest BCUT2D eigenvalue weighted by Gasteiger charge is -2.33. The van der Waals surface area contributed by atoms with Crippen molar-refractivity contribution in [2.24, 2.45) is 0 Å². The molecule has 0 aromatic heterocycles. The van der Waals surface area contributed by atoms with Crippen LogP contribution >= 0.6 is 0 Å². The number of halogens is 6. The molecular formula is C11H7F6NO2. The van der Waals surface area contributed by atoms with Gasteiger partial charge < -0.3 is 10.1 Å². The number of alkyl carbamates (subject to hydrolysis) is 1. The number of rotatable bonds is 1. The van der Waals surface area contributed by atoms with Gasteiger partial charge in [-0.05, 0) is 17.7 Å². The first-order chi connectivity index (χ1) is 9.11. The van der Waals surface area contributed by atoms with Crippen LogP contribution in [0.4, 0.5) is 31.1 Å². The standard InChI is InChI=1S/C11H7F6NO2/c12-5-1-2-6(7(3-5)11(15,16)17)8-10(13,14)4-20-9(19)18-8/h1-3,8H,4H2,(H,18,19)/t8-/m0/s1. The van der Waals surface area contributed by atoms with E-state index in [4.69, 9.17) is 0 Å². The van der Waals surface area contributed by atoms with Gasteiger partial charge in [0.25, 0.3) is 0 Å². The Morgan fingerprint density at radius 1 is 1.30 bits per heavy atom. The monoisotopic (exact) mass is 299 g/mol. The fraction of sp³-hybridized carbons (Fsp3) is 0.364. The van der Waals surface area contributed by atoms with Gasteiger partial charge in [-0.25, -0.2) is 18.0 Å². The molecule has 1 N–H and O–H groups in total. The third-order valence-electron chi connectivity index (χ3n) is 2.71. The average molecular weight is 299 g/mol. The molecule has 0 aliphatic carbocycles. The summed E-state index contributed by atoms with van der Waals surface area (Å²) in [5.41, 5.74) is -2.48. The van der Waals surface area contributed by atoms with Crippen LogP contribution in [0.3, 0.4) is 0 Å². The van der Waals surface area contributed by atoms with E-state index in [0.29, 0.717) is 12.1 Å². The summed E-state index contributed by atoms with van der Waals surface area (Å²) in [6.45, 7) is -1.35. The van der Waals surface area contributed by atoms with Crippen molar-refractivity contribution in [3.8, 4) is 0 Å². The molecule has 1 aliphatic heterocycles. The van der Waals surface area contributed by atoms with Crippen molar-refractivity contribution in [1.82, 2.24) is 5.32 Å². The number of amides is 1. The van der Waals surface area contributed by atoms with Crippen molar-refractivity contribution < 1.29 is 35.9 Å². The maximum Gasteiger partial charge on any atom is 0.416 e. The second kappa shape index (κ2) is 4.57. The van der Waals surface area contributed by atoms with Gasteiger partial charge in [-0.15, -0.1) is 0 Å². The lowest BCUT2D eigenvalue weighted by atomic mass is 9.94. The van der Waals surface area contributed by atoms with E-state index in [1.54, 1.807) is 5.32 Å². The third kappa shape index (κ3) is 2.66. The Balaban J connectivity index is 2.53. The Labute approximate surface area is 108 Å². The number of ether oxygens (including phenoxy) is 1. The van der Waals surface area contributed by atoms with E-state index in [-0.39, 0.29) is 6.07 Å². The Bertz CT molecular complexity index is 542. The number of carbonyl (C=O) groups is 1. The van der Waals surface area contributed by atoms with Gasteiger partial charge in [0.15, 0.2) is 6.61 Å². The summed E-state index contributed by atoms with van der Waals surface area (Å²) >= 11 is 0. The van der Waals surface area contributed by atoms with Gasteiger partial charge in [-0.1, -0.05) is 6.07 Å². The topological polar surface area (TPSA) is 38.3 Å². The lowest BCUT2D eigenvalue weighted by molar-refractivity contribution is -0.142. The van der Waals surface area contributed by atoms with E-state index in [1.807, 2.05) is 0 Å². The first-order valence-corrected chi connectivity index (χ1v) is 5.29. The summed E-state index contributed by atoms with van der Waals surface area (Å²) < 4.78 is 82.5. The average Bonchev–Trinajstić information content (AvgIpc) is 2.31. The molecule has 1 saturated heterocycles. The molecule has 3 nitrogen and oxygen atoms in total. The zero-order valence-corrected chi connectivity index (χ0v) is 9.60. The molecular weight excluding hydrogens is 292 g/mol. The smallest absolute Gasteiger partial charge is 0.416 e. The Morgan fingerprint density at radius 2 is 1.95 bits per heavy atom. The lowest BCUT2D eigenvalue weighted by Crippen LogP contribution is -2.50. The molecule has 0 spiro atoms. The van der Waals surface area contributed by atoms with E-state index in [2.05, 4.69) is 4.74 Å². The van der Waals surface area contributed by atoms with Gasteiger partial charge in [0, 0.05) is 0 Å². The highest BCUT2D eigenvalue weighted by Crippen LogP contribution is 2.41. The maximum atomic E-state index is 13.6. The van der Waals surface area contributed by atoms with E-state index in [1.165, 1.54) is 0 Å². The second-order valence-corrected chi connectivity index (χ2v) is 4.14. The molecule has 2 rings (SSSR count). The SMILES string of the molecule is O=C1N[C@@H](c2ccc(F)cc2C(F)(F)F)C(F)(F)CO1. The molecule has 0 radical (unpaired) electrons. The van der Waals surface area contributed by atoms with Crippen molar-refractivity contribution in [3.05, 3.63) is 35.1 Å². The molecule has 20 heavy (non-hydrogen) atoms. The fourth-order valence-electron chi connectivity index (χ4n) is 1.84. The van der Waals surface area contributed by atoms with Gasteiger partial charge in [0.05, 0.1) is 5.56 Å². The molecule has 110 valence electrons. The number of benzene rings is 1. The first-order valence-electron chi connectivity index (χ1n) is 5.29. The summed E-state index contributed by atoms with van der Waals surface area (Å²) in [7, 11) is 0. The second-order valence-electron chi connectivity index (χ2n) is 4.14. The highest BCUT2D eigenvalue weighted by Gasteiger charge is 2.49. The zero-order valence-electron chi connectivity index (χ0n) is 9.60. The molecule has 0 unspecified atom stereocenters. The Kier molecular flexibility index (Phi) is 3.31. The highest BCUT2D eigenvalue weighted by molar-refractivity contribution is 5.69. The molecule has 1 heterocycles. The van der Waals surface area contributed by atoms with E-state index in [0.717, 1.165) is 0 Å². The highest BCUT2D eigenvalue weighted by atomic mass is 19.4. The van der Waals surface area contributed by atoms with Crippen LogP contribution in [0, 0.1) is 5.82 Å². The molecule has 1 aromatic rings. The van der Waals surface area contributed by atoms with Gasteiger partial charge in [-0.3, -0.25) is 0 Å². The van der Waals surface area contributed by atoms with Crippen LogP contribution in [0.15, 0.2) is 18.2 Å². The van der Waals surface area contributed by atoms with E-state index >= 15 is 0 Å². The molecule has 0 bridgehead atoms. The van der Waals surface area contributed by atoms with E-state index < -0.39 is 47.8 Å². The number of nitrogens with one attached hydrogen (secondary N) is 1. The largest absolute Gasteiger partial charge is 0.443 e. The van der Waals surface area contributed by atoms with Crippen molar-refractivity contribution in [2.45, 2.75) is 18.1 Å². The first kappa shape index (κ1) is 14.5. The molecule has 1 atom stereocenters. The predicted molar refractivity (Wildman–Crippen MR) is 53.6 cm³/mol. The van der Waals surface area contributed by atoms with Gasteiger partial charge in [0.1, 0.15) is 11.9 Å². The summed E-state index contributed by atoms with van der Waals surface area (Å²) in [5.74, 6) is -4.96. The van der Waals surface area contributed by atoms with Crippen molar-refractivity contribution in [3.63, 3.8) is 0 Å². The number of cyclic esters (lactones) is 1. The molecule has 0 saturated carbocycles. The van der Waals surface area contributed by atoms with Gasteiger partial charge in [-0.2, -0.15) is 13.2 Å². The van der Waals surface area contributed by atoms with Crippen LogP contribution in [0.5, 0.6) is 0 Å². The number of hydrogen-bond acceptors (Lipinski definition) is 2. The normalized spacial score (nSPS) is 22.1. The van der Waals surface area contributed by atoms with Gasteiger partial charge in [0.2, 0.25) is 0 Å². The molecule has 1 aromatic carbocycles. The molecule has 1 amide bonds. The minimum absolute atomic E-state index is 0.104. The van der Waals surface area contributed by atoms with Crippen molar-refractivity contribution in [1.29, 1.82) is 0 Å². The minimum Gasteiger partial charge on any atom is -0.443 e. The number of alkyl halides is 5. The van der Waals surface area contributed by atoms with Crippen LogP contribution < -0.4 is 5.32 Å². The Hall–Kier alpha value is -1.93. The van der Waals surface area contributed by atoms with Crippen LogP contribution in [-0.4, -0.2) is 18.6 Å². The molecule has 9 heteroatoms. The van der Waals surface area contributed by atoms with Gasteiger partial charge >= 0.3 is 18.2 Å². The van der Waals surface area contributed by atoms with Crippen molar-refractivity contribution >= 4 is 6.09 Å². The van der Waals surface area contributed by atoms with E-state index in [9.17, 15) is 31.1 Å². The summed E-state index contributed by atoms with van der Waals surface area (Å²) in [4.78, 5) is 10.9. The van der Waals surface area contributed by atoms with Crippen molar-refractivity contribution in [2.75, 3.05) is 6.61 Å². The quantitative estimate of drug-likeness (QED) is 0.808. The summed E-state index contributed by atoms with van der Waals surface area (Å²) in [5, 5.41) is 1.62. The van der Waals surface area contributed by atoms with Crippen LogP contribution in [0.2, 0.25) is 0 Å². The van der Waals surface area contributed by atoms with Crippen LogP contribution in [-0.2, 0) is 10.9 Å². The summed E-state index contributed by atoms with van der Waals surface area (Å²) in [6, 6.07) is -0.946. The molecule has 1 aliphatic rings. The minimum atomic E-state index is -5.03. The fourth-order valence-corrected chi connectivity index (χ4v) is 1.84. The predicted octanol–water partition coefficient (Wildman–Crippen LogP) is 3.26. The zero-order chi connectivity index (χ0) is 15.1. The number of carbonyl (C=O) groups excluding carboxylic acids is 1. The Morgan fingerprint density at radius 3 is 2.55 bits per heavy atom. The van der Waals surface area contributed by atoms with Crippen LogP contribution in [0.1, 0.15) is 17.2 Å². The maximum absolute atomic E-state index is 13.6. The summed E-state index contributed by atoms with van der Waals surface area (Å²) in [6.07, 6.45) is -6.30. The third-order valence-corrected chi connectivity index (χ3v) is 2.71. The van der Waals surface area contributed by atoms with Crippen LogP contribution in [0.25, 0.3) is 0 Å². The molecule has 1 fully saturated rings. The number of hydrogen-bond donors (Lipinski definition) is 1.